The van der Waals surface area contributed by atoms with E-state index in [9.17, 15) is 26.3 Å². The van der Waals surface area contributed by atoms with Crippen LogP contribution in [0.2, 0.25) is 0 Å². The largest absolute Gasteiger partial charge is 0.415 e. The van der Waals surface area contributed by atoms with E-state index in [1.54, 1.807) is 9.80 Å². The molecule has 2 aliphatic heterocycles. The van der Waals surface area contributed by atoms with Crippen LogP contribution in [0.3, 0.4) is 0 Å². The summed E-state index contributed by atoms with van der Waals surface area (Å²) in [5, 5.41) is 18.1. The molecule has 0 amide bonds. The zero-order chi connectivity index (χ0) is 27.8. The smallest absolute Gasteiger partial charge is 0.394 e. The summed E-state index contributed by atoms with van der Waals surface area (Å²) >= 11 is 0. The van der Waals surface area contributed by atoms with Crippen molar-refractivity contribution in [3.8, 4) is 0 Å². The van der Waals surface area contributed by atoms with E-state index in [4.69, 9.17) is 19.7 Å². The fourth-order valence-corrected chi connectivity index (χ4v) is 4.34. The van der Waals surface area contributed by atoms with Gasteiger partial charge in [-0.15, -0.1) is 0 Å². The monoisotopic (exact) mass is 550 g/mol. The Bertz CT molecular complexity index is 871. The number of aliphatic hydroxyl groups excluding tert-OH is 2. The van der Waals surface area contributed by atoms with Gasteiger partial charge in [0.2, 0.25) is 0 Å². The number of halogens is 6. The first-order chi connectivity index (χ1) is 18.0. The fourth-order valence-electron chi connectivity index (χ4n) is 4.34. The molecule has 4 unspecified atom stereocenters. The minimum atomic E-state index is -4.40. The Morgan fingerprint density at radius 2 is 0.947 bits per heavy atom. The molecule has 212 valence electrons. The van der Waals surface area contributed by atoms with Crippen LogP contribution in [0, 0.1) is 0 Å². The van der Waals surface area contributed by atoms with Gasteiger partial charge in [-0.3, -0.25) is 9.80 Å². The highest BCUT2D eigenvalue weighted by Gasteiger charge is 2.46. The number of aliphatic hydroxyl groups is 2. The molecule has 0 radical (unpaired) electrons. The number of morpholine rings is 2. The normalized spacial score (nSPS) is 25.5. The molecule has 2 aromatic carbocycles. The molecule has 2 aliphatic rings. The lowest BCUT2D eigenvalue weighted by molar-refractivity contribution is -0.257. The van der Waals surface area contributed by atoms with Crippen LogP contribution in [0.5, 0.6) is 0 Å². The number of benzene rings is 2. The van der Waals surface area contributed by atoms with Crippen molar-refractivity contribution in [3.05, 3.63) is 71.8 Å². The molecule has 38 heavy (non-hydrogen) atoms. The van der Waals surface area contributed by atoms with Gasteiger partial charge in [0.1, 0.15) is 0 Å². The number of hydrogen-bond donors (Lipinski definition) is 2. The van der Waals surface area contributed by atoms with Gasteiger partial charge in [-0.05, 0) is 11.1 Å². The summed E-state index contributed by atoms with van der Waals surface area (Å²) in [5.41, 5.74) is 1.89. The van der Waals surface area contributed by atoms with Crippen molar-refractivity contribution in [3.63, 3.8) is 0 Å². The number of rotatable bonds is 6. The summed E-state index contributed by atoms with van der Waals surface area (Å²) in [6.07, 6.45) is -14.0. The van der Waals surface area contributed by atoms with Gasteiger partial charge in [-0.1, -0.05) is 60.7 Å². The Morgan fingerprint density at radius 3 is 1.24 bits per heavy atom. The average Bonchev–Trinajstić information content (AvgIpc) is 2.89. The molecule has 0 aromatic heterocycles. The number of nitrogens with zero attached hydrogens (tertiary/aromatic N) is 2. The van der Waals surface area contributed by atoms with Crippen LogP contribution >= 0.6 is 0 Å². The maximum Gasteiger partial charge on any atom is 0.415 e. The predicted molar refractivity (Wildman–Crippen MR) is 127 cm³/mol. The lowest BCUT2D eigenvalue weighted by Gasteiger charge is -2.38. The zero-order valence-corrected chi connectivity index (χ0v) is 20.6. The summed E-state index contributed by atoms with van der Waals surface area (Å²) in [6.45, 7) is 0.246. The van der Waals surface area contributed by atoms with Crippen LogP contribution in [0.1, 0.15) is 11.1 Å². The highest BCUT2D eigenvalue weighted by molar-refractivity contribution is 5.15. The van der Waals surface area contributed by atoms with Crippen LogP contribution in [-0.4, -0.2) is 96.2 Å². The van der Waals surface area contributed by atoms with Crippen molar-refractivity contribution in [2.24, 2.45) is 0 Å². The third kappa shape index (κ3) is 9.51. The number of alkyl halides is 6. The summed E-state index contributed by atoms with van der Waals surface area (Å²) < 4.78 is 86.1. The van der Waals surface area contributed by atoms with E-state index in [0.717, 1.165) is 11.1 Å². The molecule has 2 heterocycles. The van der Waals surface area contributed by atoms with E-state index < -0.39 is 50.0 Å². The lowest BCUT2D eigenvalue weighted by atomic mass is 10.1. The molecule has 2 N–H and O–H groups in total. The standard InChI is InChI=1S/2C13H16F3NO2/c2*14-13(15,16)12-8-17(7-11(9-18)19-12)6-10-4-2-1-3-5-10/h2*1-5,11-12,18H,6-9H2. The molecule has 0 bridgehead atoms. The first-order valence-electron chi connectivity index (χ1n) is 12.2. The second-order valence-electron chi connectivity index (χ2n) is 9.30. The highest BCUT2D eigenvalue weighted by atomic mass is 19.4. The van der Waals surface area contributed by atoms with Crippen molar-refractivity contribution < 1.29 is 46.0 Å². The number of ether oxygens (including phenoxy) is 2. The first kappa shape index (κ1) is 30.3. The van der Waals surface area contributed by atoms with Gasteiger partial charge in [-0.2, -0.15) is 26.3 Å². The van der Waals surface area contributed by atoms with Gasteiger partial charge in [0, 0.05) is 39.3 Å². The topological polar surface area (TPSA) is 65.4 Å². The predicted octanol–water partition coefficient (Wildman–Crippen LogP) is 3.62. The zero-order valence-electron chi connectivity index (χ0n) is 20.6. The molecular formula is C26H32F6N2O4. The molecular weight excluding hydrogens is 518 g/mol. The number of hydrogen-bond acceptors (Lipinski definition) is 6. The van der Waals surface area contributed by atoms with E-state index in [-0.39, 0.29) is 13.1 Å². The van der Waals surface area contributed by atoms with Gasteiger partial charge in [0.05, 0.1) is 25.4 Å². The van der Waals surface area contributed by atoms with Gasteiger partial charge in [-0.25, -0.2) is 0 Å². The van der Waals surface area contributed by atoms with Gasteiger partial charge in [0.15, 0.2) is 12.2 Å². The van der Waals surface area contributed by atoms with Crippen LogP contribution in [0.15, 0.2) is 60.7 Å². The molecule has 2 saturated heterocycles. The highest BCUT2D eigenvalue weighted by Crippen LogP contribution is 2.29. The average molecular weight is 551 g/mol. The van der Waals surface area contributed by atoms with Crippen molar-refractivity contribution in [2.45, 2.75) is 49.9 Å². The minimum Gasteiger partial charge on any atom is -0.394 e. The summed E-state index contributed by atoms with van der Waals surface area (Å²) in [6, 6.07) is 18.6. The van der Waals surface area contributed by atoms with Crippen LogP contribution in [-0.2, 0) is 22.6 Å². The second-order valence-corrected chi connectivity index (χ2v) is 9.30. The van der Waals surface area contributed by atoms with Crippen molar-refractivity contribution in [1.82, 2.24) is 9.80 Å². The van der Waals surface area contributed by atoms with Crippen molar-refractivity contribution in [2.75, 3.05) is 39.4 Å². The summed E-state index contributed by atoms with van der Waals surface area (Å²) in [7, 11) is 0. The molecule has 2 fully saturated rings. The van der Waals surface area contributed by atoms with E-state index in [0.29, 0.717) is 26.2 Å². The Hall–Kier alpha value is -2.22. The van der Waals surface area contributed by atoms with Crippen molar-refractivity contribution in [1.29, 1.82) is 0 Å². The SMILES string of the molecule is OCC1CN(Cc2ccccc2)CC(C(F)(F)F)O1.OCC1CN(Cc2ccccc2)CC(C(F)(F)F)O1. The molecule has 0 aliphatic carbocycles. The maximum atomic E-state index is 12.7. The molecule has 2 aromatic rings. The molecule has 12 heteroatoms. The third-order valence-electron chi connectivity index (χ3n) is 6.12. The van der Waals surface area contributed by atoms with Gasteiger partial charge < -0.3 is 19.7 Å². The Labute approximate surface area is 217 Å². The summed E-state index contributed by atoms with van der Waals surface area (Å²) in [4.78, 5) is 3.33. The molecule has 4 atom stereocenters. The molecule has 4 rings (SSSR count). The first-order valence-corrected chi connectivity index (χ1v) is 12.2. The quantitative estimate of drug-likeness (QED) is 0.536. The van der Waals surface area contributed by atoms with Crippen molar-refractivity contribution >= 4 is 0 Å². The van der Waals surface area contributed by atoms with E-state index in [2.05, 4.69) is 0 Å². The van der Waals surface area contributed by atoms with E-state index in [1.165, 1.54) is 0 Å². The molecule has 6 nitrogen and oxygen atoms in total. The maximum absolute atomic E-state index is 12.7. The van der Waals surface area contributed by atoms with Gasteiger partial charge in [0.25, 0.3) is 0 Å². The molecule has 0 saturated carbocycles. The Balaban J connectivity index is 0.000000211. The second kappa shape index (κ2) is 13.7. The molecule has 0 spiro atoms. The fraction of sp³-hybridized carbons (Fsp3) is 0.538. The van der Waals surface area contributed by atoms with E-state index >= 15 is 0 Å². The lowest BCUT2D eigenvalue weighted by Crippen LogP contribution is -2.53. The van der Waals surface area contributed by atoms with E-state index in [1.807, 2.05) is 60.7 Å². The minimum absolute atomic E-state index is 0.200. The van der Waals surface area contributed by atoms with Crippen LogP contribution in [0.4, 0.5) is 26.3 Å². The van der Waals surface area contributed by atoms with Gasteiger partial charge >= 0.3 is 12.4 Å². The van der Waals surface area contributed by atoms with Crippen LogP contribution < -0.4 is 0 Å². The Kier molecular flexibility index (Phi) is 10.9. The summed E-state index contributed by atoms with van der Waals surface area (Å²) in [5.74, 6) is 0. The Morgan fingerprint density at radius 1 is 0.605 bits per heavy atom. The third-order valence-corrected chi connectivity index (χ3v) is 6.12. The van der Waals surface area contributed by atoms with Crippen LogP contribution in [0.25, 0.3) is 0 Å².